The van der Waals surface area contributed by atoms with Crippen molar-refractivity contribution in [3.63, 3.8) is 0 Å². The van der Waals surface area contributed by atoms with Gasteiger partial charge in [0.25, 0.3) is 0 Å². The molecular formula is C21H36IN3O. The number of nitrogens with zero attached hydrogens (tertiary/aromatic N) is 1. The van der Waals surface area contributed by atoms with Crippen molar-refractivity contribution in [2.24, 2.45) is 4.99 Å². The molecule has 0 aromatic heterocycles. The molecule has 0 heterocycles. The first-order chi connectivity index (χ1) is 12.1. The number of aliphatic hydroxyl groups is 1. The number of aryl methyl sites for hydroxylation is 1. The van der Waals surface area contributed by atoms with Crippen LogP contribution in [0.25, 0.3) is 0 Å². The van der Waals surface area contributed by atoms with E-state index < -0.39 is 0 Å². The predicted molar refractivity (Wildman–Crippen MR) is 122 cm³/mol. The van der Waals surface area contributed by atoms with Crippen LogP contribution in [-0.4, -0.2) is 36.3 Å². The van der Waals surface area contributed by atoms with E-state index in [1.165, 1.54) is 11.1 Å². The highest BCUT2D eigenvalue weighted by Crippen LogP contribution is 2.18. The van der Waals surface area contributed by atoms with Gasteiger partial charge in [0.2, 0.25) is 0 Å². The van der Waals surface area contributed by atoms with Gasteiger partial charge in [-0.2, -0.15) is 0 Å². The van der Waals surface area contributed by atoms with Gasteiger partial charge in [-0.3, -0.25) is 4.99 Å². The van der Waals surface area contributed by atoms with Crippen molar-refractivity contribution >= 4 is 29.9 Å². The molecule has 0 aliphatic heterocycles. The second kappa shape index (κ2) is 12.5. The monoisotopic (exact) mass is 473 g/mol. The van der Waals surface area contributed by atoms with Crippen LogP contribution in [0.4, 0.5) is 0 Å². The van der Waals surface area contributed by atoms with E-state index in [2.05, 4.69) is 55.7 Å². The minimum Gasteiger partial charge on any atom is -0.393 e. The zero-order valence-corrected chi connectivity index (χ0v) is 18.8. The van der Waals surface area contributed by atoms with Gasteiger partial charge in [-0.25, -0.2) is 0 Å². The number of benzene rings is 1. The van der Waals surface area contributed by atoms with Crippen molar-refractivity contribution in [3.8, 4) is 0 Å². The van der Waals surface area contributed by atoms with Crippen LogP contribution in [-0.2, 0) is 6.42 Å². The highest BCUT2D eigenvalue weighted by Gasteiger charge is 2.19. The topological polar surface area (TPSA) is 56.7 Å². The van der Waals surface area contributed by atoms with Gasteiger partial charge in [-0.1, -0.05) is 38.1 Å². The molecule has 0 radical (unpaired) electrons. The van der Waals surface area contributed by atoms with E-state index in [-0.39, 0.29) is 30.1 Å². The summed E-state index contributed by atoms with van der Waals surface area (Å²) in [5.74, 6) is 1.51. The Labute approximate surface area is 176 Å². The third-order valence-electron chi connectivity index (χ3n) is 4.92. The molecule has 0 amide bonds. The Bertz CT molecular complexity index is 523. The molecule has 4 nitrogen and oxygen atoms in total. The van der Waals surface area contributed by atoms with E-state index >= 15 is 0 Å². The number of hydrogen-bond acceptors (Lipinski definition) is 2. The molecule has 1 fully saturated rings. The summed E-state index contributed by atoms with van der Waals surface area (Å²) in [6.07, 6.45) is 5.84. The smallest absolute Gasteiger partial charge is 0.191 e. The van der Waals surface area contributed by atoms with Gasteiger partial charge in [0, 0.05) is 19.1 Å². The fraction of sp³-hybridized carbons (Fsp3) is 0.667. The van der Waals surface area contributed by atoms with Crippen molar-refractivity contribution in [2.45, 2.75) is 77.4 Å². The summed E-state index contributed by atoms with van der Waals surface area (Å²) in [5, 5.41) is 16.5. The van der Waals surface area contributed by atoms with Crippen LogP contribution in [0.3, 0.4) is 0 Å². The minimum absolute atomic E-state index is 0. The van der Waals surface area contributed by atoms with Crippen LogP contribution in [0.2, 0.25) is 0 Å². The lowest BCUT2D eigenvalue weighted by atomic mass is 9.93. The lowest BCUT2D eigenvalue weighted by Crippen LogP contribution is -2.45. The van der Waals surface area contributed by atoms with Crippen molar-refractivity contribution < 1.29 is 5.11 Å². The Kier molecular flexibility index (Phi) is 11.2. The number of hydrogen-bond donors (Lipinski definition) is 3. The Balaban J connectivity index is 0.00000338. The second-order valence-corrected chi connectivity index (χ2v) is 7.41. The van der Waals surface area contributed by atoms with Crippen LogP contribution in [0, 0.1) is 0 Å². The molecule has 1 aliphatic rings. The van der Waals surface area contributed by atoms with Gasteiger partial charge < -0.3 is 15.7 Å². The molecule has 0 atom stereocenters. The van der Waals surface area contributed by atoms with Crippen LogP contribution in [0.5, 0.6) is 0 Å². The fourth-order valence-electron chi connectivity index (χ4n) is 3.28. The standard InChI is InChI=1S/C21H35N3O.HI/c1-4-22-21(24-19-11-13-20(25)14-12-19)23-15-5-6-17-7-9-18(10-8-17)16(2)3;/h7-10,16,19-20,25H,4-6,11-15H2,1-3H3,(H2,22,23,24);1H. The normalized spacial score (nSPS) is 20.6. The summed E-state index contributed by atoms with van der Waals surface area (Å²) in [7, 11) is 0. The lowest BCUT2D eigenvalue weighted by molar-refractivity contribution is 0.120. The van der Waals surface area contributed by atoms with Crippen molar-refractivity contribution in [1.82, 2.24) is 10.6 Å². The van der Waals surface area contributed by atoms with Crippen LogP contribution >= 0.6 is 24.0 Å². The Morgan fingerprint density at radius 1 is 1.15 bits per heavy atom. The first-order valence-corrected chi connectivity index (χ1v) is 9.90. The van der Waals surface area contributed by atoms with Gasteiger partial charge >= 0.3 is 0 Å². The molecular weight excluding hydrogens is 437 g/mol. The predicted octanol–water partition coefficient (Wildman–Crippen LogP) is 4.22. The van der Waals surface area contributed by atoms with Crippen molar-refractivity contribution in [1.29, 1.82) is 0 Å². The van der Waals surface area contributed by atoms with Crippen LogP contribution < -0.4 is 10.6 Å². The molecule has 1 aromatic carbocycles. The lowest BCUT2D eigenvalue weighted by Gasteiger charge is -2.27. The maximum atomic E-state index is 9.62. The summed E-state index contributed by atoms with van der Waals surface area (Å²) < 4.78 is 0. The van der Waals surface area contributed by atoms with Gasteiger partial charge in [0.15, 0.2) is 5.96 Å². The maximum absolute atomic E-state index is 9.62. The van der Waals surface area contributed by atoms with E-state index in [1.54, 1.807) is 0 Å². The summed E-state index contributed by atoms with van der Waals surface area (Å²) >= 11 is 0. The number of aliphatic imine (C=N–C) groups is 1. The molecule has 0 saturated heterocycles. The molecule has 0 bridgehead atoms. The third kappa shape index (κ3) is 8.25. The quantitative estimate of drug-likeness (QED) is 0.241. The van der Waals surface area contributed by atoms with Crippen LogP contribution in [0.1, 0.15) is 69.9 Å². The maximum Gasteiger partial charge on any atom is 0.191 e. The summed E-state index contributed by atoms with van der Waals surface area (Å²) in [6, 6.07) is 9.41. The van der Waals surface area contributed by atoms with Gasteiger partial charge in [-0.05, 0) is 62.5 Å². The minimum atomic E-state index is -0.111. The Morgan fingerprint density at radius 3 is 2.38 bits per heavy atom. The van der Waals surface area contributed by atoms with E-state index in [0.29, 0.717) is 12.0 Å². The molecule has 0 unspecified atom stereocenters. The molecule has 1 saturated carbocycles. The molecule has 1 aliphatic carbocycles. The average Bonchev–Trinajstić information content (AvgIpc) is 2.61. The van der Waals surface area contributed by atoms with E-state index in [4.69, 9.17) is 4.99 Å². The molecule has 5 heteroatoms. The summed E-state index contributed by atoms with van der Waals surface area (Å²) in [5.41, 5.74) is 2.79. The average molecular weight is 473 g/mol. The van der Waals surface area contributed by atoms with Gasteiger partial charge in [0.1, 0.15) is 0 Å². The van der Waals surface area contributed by atoms with Gasteiger partial charge in [-0.15, -0.1) is 24.0 Å². The first-order valence-electron chi connectivity index (χ1n) is 9.90. The highest BCUT2D eigenvalue weighted by atomic mass is 127. The molecule has 1 aromatic rings. The van der Waals surface area contributed by atoms with E-state index in [0.717, 1.165) is 57.6 Å². The number of nitrogens with one attached hydrogen (secondary N) is 2. The molecule has 148 valence electrons. The molecule has 2 rings (SSSR count). The van der Waals surface area contributed by atoms with E-state index in [1.807, 2.05) is 0 Å². The van der Waals surface area contributed by atoms with Crippen molar-refractivity contribution in [3.05, 3.63) is 35.4 Å². The molecule has 26 heavy (non-hydrogen) atoms. The number of halogens is 1. The third-order valence-corrected chi connectivity index (χ3v) is 4.92. The fourth-order valence-corrected chi connectivity index (χ4v) is 3.28. The summed E-state index contributed by atoms with van der Waals surface area (Å²) in [4.78, 5) is 4.72. The van der Waals surface area contributed by atoms with E-state index in [9.17, 15) is 5.11 Å². The first kappa shape index (κ1) is 23.2. The Morgan fingerprint density at radius 2 is 1.81 bits per heavy atom. The molecule has 0 spiro atoms. The SMILES string of the molecule is CCNC(=NCCCc1ccc(C(C)C)cc1)NC1CCC(O)CC1.I. The molecule has 3 N–H and O–H groups in total. The Hall–Kier alpha value is -0.820. The zero-order chi connectivity index (χ0) is 18.1. The van der Waals surface area contributed by atoms with Crippen molar-refractivity contribution in [2.75, 3.05) is 13.1 Å². The number of rotatable bonds is 7. The number of guanidine groups is 1. The number of aliphatic hydroxyl groups excluding tert-OH is 1. The second-order valence-electron chi connectivity index (χ2n) is 7.41. The highest BCUT2D eigenvalue weighted by molar-refractivity contribution is 14.0. The largest absolute Gasteiger partial charge is 0.393 e. The van der Waals surface area contributed by atoms with Gasteiger partial charge in [0.05, 0.1) is 6.10 Å². The zero-order valence-electron chi connectivity index (χ0n) is 16.5. The summed E-state index contributed by atoms with van der Waals surface area (Å²) in [6.45, 7) is 8.25. The van der Waals surface area contributed by atoms with Crippen LogP contribution in [0.15, 0.2) is 29.3 Å².